The van der Waals surface area contributed by atoms with Gasteiger partial charge in [-0.15, -0.1) is 0 Å². The van der Waals surface area contributed by atoms with Crippen LogP contribution in [0.1, 0.15) is 33.5 Å². The first-order valence-corrected chi connectivity index (χ1v) is 15.1. The van der Waals surface area contributed by atoms with E-state index >= 15 is 0 Å². The number of pyridine rings is 2. The number of anilines is 4. The Hall–Kier alpha value is -6.01. The summed E-state index contributed by atoms with van der Waals surface area (Å²) < 4.78 is 0. The first-order chi connectivity index (χ1) is 22.8. The third kappa shape index (κ3) is 7.63. The smallest absolute Gasteiger partial charge is 0.324 e. The highest BCUT2D eigenvalue weighted by molar-refractivity contribution is 6.06. The number of nitrogens with one attached hydrogen (secondary N) is 3. The first-order valence-electron chi connectivity index (χ1n) is 15.1. The monoisotopic (exact) mass is 627 g/mol. The average molecular weight is 628 g/mol. The molecule has 0 unspecified atom stereocenters. The molecule has 12 nitrogen and oxygen atoms in total. The fourth-order valence-corrected chi connectivity index (χ4v) is 5.26. The standard InChI is InChI=1S/C35H33N9O3/c1-23-5-10-28(18-30(23)41-34-38-16-12-29(40-34)26-4-3-14-36-19-26)39-33(46)25-8-6-24(7-9-25)21-43(2)22-27-11-15-37-20-31(27)44-17-13-32(45)42-35(44)47/h3-12,14-16,18-20H,13,17,21-22H2,1-2H3,(H,39,46)(H,38,40,41)(H,42,45,47). The van der Waals surface area contributed by atoms with E-state index in [2.05, 4.69) is 40.8 Å². The lowest BCUT2D eigenvalue weighted by molar-refractivity contribution is -0.120. The van der Waals surface area contributed by atoms with Crippen molar-refractivity contribution >= 4 is 40.9 Å². The summed E-state index contributed by atoms with van der Waals surface area (Å²) in [6.45, 7) is 3.45. The van der Waals surface area contributed by atoms with Crippen molar-refractivity contribution in [3.63, 3.8) is 0 Å². The normalized spacial score (nSPS) is 13.0. The minimum Gasteiger partial charge on any atom is -0.324 e. The summed E-state index contributed by atoms with van der Waals surface area (Å²) in [5.41, 5.74) is 7.17. The number of carbonyl (C=O) groups excluding carboxylic acids is 3. The van der Waals surface area contributed by atoms with E-state index in [0.717, 1.165) is 33.6 Å². The molecule has 1 fully saturated rings. The van der Waals surface area contributed by atoms with Crippen LogP contribution in [0.15, 0.2) is 97.7 Å². The van der Waals surface area contributed by atoms with Crippen molar-refractivity contribution in [2.75, 3.05) is 29.1 Å². The number of amides is 4. The molecule has 47 heavy (non-hydrogen) atoms. The first kappa shape index (κ1) is 31.0. The maximum Gasteiger partial charge on any atom is 0.328 e. The Labute approximate surface area is 271 Å². The number of nitrogens with zero attached hydrogens (tertiary/aromatic N) is 6. The third-order valence-corrected chi connectivity index (χ3v) is 7.70. The van der Waals surface area contributed by atoms with Gasteiger partial charge in [0, 0.05) is 73.3 Å². The second-order valence-corrected chi connectivity index (χ2v) is 11.2. The molecule has 4 amide bonds. The SMILES string of the molecule is Cc1ccc(NC(=O)c2ccc(CN(C)Cc3ccncc3N3CCC(=O)NC3=O)cc2)cc1Nc1nccc(-c2cccnc2)n1. The Kier molecular flexibility index (Phi) is 9.21. The highest BCUT2D eigenvalue weighted by atomic mass is 16.2. The summed E-state index contributed by atoms with van der Waals surface area (Å²) in [6.07, 6.45) is 8.74. The van der Waals surface area contributed by atoms with Crippen LogP contribution in [0.3, 0.4) is 0 Å². The average Bonchev–Trinajstić information content (AvgIpc) is 3.07. The number of rotatable bonds is 10. The number of aryl methyl sites for hydroxylation is 1. The Morgan fingerprint density at radius 2 is 1.79 bits per heavy atom. The molecule has 12 heteroatoms. The van der Waals surface area contributed by atoms with Gasteiger partial charge in [0.25, 0.3) is 5.91 Å². The van der Waals surface area contributed by atoms with Gasteiger partial charge in [-0.05, 0) is 79.2 Å². The molecule has 0 radical (unpaired) electrons. The van der Waals surface area contributed by atoms with E-state index in [9.17, 15) is 14.4 Å². The van der Waals surface area contributed by atoms with E-state index in [1.54, 1.807) is 48.0 Å². The highest BCUT2D eigenvalue weighted by Gasteiger charge is 2.26. The Morgan fingerprint density at radius 3 is 2.57 bits per heavy atom. The molecule has 3 aromatic heterocycles. The van der Waals surface area contributed by atoms with Gasteiger partial charge >= 0.3 is 6.03 Å². The molecule has 1 saturated heterocycles. The van der Waals surface area contributed by atoms with Gasteiger partial charge in [-0.25, -0.2) is 14.8 Å². The molecule has 236 valence electrons. The summed E-state index contributed by atoms with van der Waals surface area (Å²) in [6, 6.07) is 20.2. The van der Waals surface area contributed by atoms with E-state index in [1.165, 1.54) is 0 Å². The van der Waals surface area contributed by atoms with E-state index < -0.39 is 6.03 Å². The predicted molar refractivity (Wildman–Crippen MR) is 179 cm³/mol. The maximum absolute atomic E-state index is 13.1. The molecule has 0 aliphatic carbocycles. The number of benzene rings is 2. The number of hydrogen-bond donors (Lipinski definition) is 3. The zero-order valence-corrected chi connectivity index (χ0v) is 26.0. The van der Waals surface area contributed by atoms with Gasteiger partial charge in [-0.2, -0.15) is 0 Å². The van der Waals surface area contributed by atoms with E-state index in [-0.39, 0.29) is 18.2 Å². The molecular formula is C35H33N9O3. The molecular weight excluding hydrogens is 594 g/mol. The predicted octanol–water partition coefficient (Wildman–Crippen LogP) is 5.32. The molecule has 4 heterocycles. The quantitative estimate of drug-likeness (QED) is 0.187. The lowest BCUT2D eigenvalue weighted by Gasteiger charge is -2.29. The van der Waals surface area contributed by atoms with E-state index in [4.69, 9.17) is 0 Å². The van der Waals surface area contributed by atoms with Crippen LogP contribution < -0.4 is 20.9 Å². The van der Waals surface area contributed by atoms with Crippen molar-refractivity contribution in [3.8, 4) is 11.3 Å². The molecule has 2 aromatic carbocycles. The number of hydrogen-bond acceptors (Lipinski definition) is 9. The van der Waals surface area contributed by atoms with Crippen LogP contribution in [0.5, 0.6) is 0 Å². The van der Waals surface area contributed by atoms with Gasteiger partial charge in [0.15, 0.2) is 0 Å². The molecule has 1 aliphatic heterocycles. The second-order valence-electron chi connectivity index (χ2n) is 11.2. The van der Waals surface area contributed by atoms with Crippen molar-refractivity contribution in [1.82, 2.24) is 30.2 Å². The molecule has 0 bridgehead atoms. The van der Waals surface area contributed by atoms with Crippen LogP contribution in [0.2, 0.25) is 0 Å². The van der Waals surface area contributed by atoms with Gasteiger partial charge in [-0.1, -0.05) is 18.2 Å². The summed E-state index contributed by atoms with van der Waals surface area (Å²) in [5, 5.41) is 8.61. The second kappa shape index (κ2) is 14.0. The van der Waals surface area contributed by atoms with Crippen molar-refractivity contribution < 1.29 is 14.4 Å². The zero-order valence-electron chi connectivity index (χ0n) is 26.0. The van der Waals surface area contributed by atoms with Crippen LogP contribution in [-0.2, 0) is 17.9 Å². The Balaban J connectivity index is 1.07. The van der Waals surface area contributed by atoms with E-state index in [1.807, 2.05) is 68.6 Å². The van der Waals surface area contributed by atoms with Gasteiger partial charge in [0.1, 0.15) is 0 Å². The molecule has 3 N–H and O–H groups in total. The molecule has 0 spiro atoms. The molecule has 1 aliphatic rings. The summed E-state index contributed by atoms with van der Waals surface area (Å²) in [5.74, 6) is -0.0674. The lowest BCUT2D eigenvalue weighted by Crippen LogP contribution is -2.50. The van der Waals surface area contributed by atoms with Gasteiger partial charge in [-0.3, -0.25) is 34.7 Å². The number of carbonyl (C=O) groups is 3. The number of urea groups is 1. The lowest BCUT2D eigenvalue weighted by atomic mass is 10.1. The van der Waals surface area contributed by atoms with Gasteiger partial charge < -0.3 is 10.6 Å². The fourth-order valence-electron chi connectivity index (χ4n) is 5.26. The van der Waals surface area contributed by atoms with Crippen LogP contribution in [0.25, 0.3) is 11.3 Å². The van der Waals surface area contributed by atoms with E-state index in [0.29, 0.717) is 42.5 Å². The van der Waals surface area contributed by atoms with Crippen LogP contribution in [-0.4, -0.2) is 56.3 Å². The highest BCUT2D eigenvalue weighted by Crippen LogP contribution is 2.26. The van der Waals surface area contributed by atoms with Crippen LogP contribution in [0, 0.1) is 6.92 Å². The molecule has 5 aromatic rings. The van der Waals surface area contributed by atoms with Crippen molar-refractivity contribution in [2.24, 2.45) is 0 Å². The van der Waals surface area contributed by atoms with Crippen molar-refractivity contribution in [1.29, 1.82) is 0 Å². The topological polar surface area (TPSA) is 145 Å². The minimum atomic E-state index is -0.439. The summed E-state index contributed by atoms with van der Waals surface area (Å²) in [4.78, 5) is 58.1. The largest absolute Gasteiger partial charge is 0.328 e. The number of imide groups is 1. The summed E-state index contributed by atoms with van der Waals surface area (Å²) >= 11 is 0. The fraction of sp³-hybridized carbons (Fsp3) is 0.171. The molecule has 0 saturated carbocycles. The Morgan fingerprint density at radius 1 is 0.957 bits per heavy atom. The molecule has 6 rings (SSSR count). The van der Waals surface area contributed by atoms with Crippen LogP contribution >= 0.6 is 0 Å². The number of aromatic nitrogens is 4. The third-order valence-electron chi connectivity index (χ3n) is 7.70. The van der Waals surface area contributed by atoms with Crippen molar-refractivity contribution in [3.05, 3.63) is 120 Å². The minimum absolute atomic E-state index is 0.228. The van der Waals surface area contributed by atoms with Crippen LogP contribution in [0.4, 0.5) is 27.8 Å². The maximum atomic E-state index is 13.1. The van der Waals surface area contributed by atoms with Gasteiger partial charge in [0.05, 0.1) is 17.6 Å². The van der Waals surface area contributed by atoms with Gasteiger partial charge in [0.2, 0.25) is 11.9 Å². The Bertz CT molecular complexity index is 1920. The summed E-state index contributed by atoms with van der Waals surface area (Å²) in [7, 11) is 1.98. The van der Waals surface area contributed by atoms with Crippen molar-refractivity contribution in [2.45, 2.75) is 26.4 Å². The zero-order chi connectivity index (χ0) is 32.8. The molecule has 0 atom stereocenters.